The predicted molar refractivity (Wildman–Crippen MR) is 89.5 cm³/mol. The van der Waals surface area contributed by atoms with Gasteiger partial charge in [0.05, 0.1) is 0 Å². The molecule has 1 aromatic carbocycles. The fourth-order valence-electron chi connectivity index (χ4n) is 3.00. The molecule has 0 saturated carbocycles. The molecule has 0 unspecified atom stereocenters. The molecule has 0 bridgehead atoms. The lowest BCUT2D eigenvalue weighted by Crippen LogP contribution is -2.36. The van der Waals surface area contributed by atoms with E-state index in [1.54, 1.807) is 0 Å². The predicted octanol–water partition coefficient (Wildman–Crippen LogP) is 2.96. The monoisotopic (exact) mass is 284 g/mol. The number of anilines is 2. The summed E-state index contributed by atoms with van der Waals surface area (Å²) >= 11 is 0. The van der Waals surface area contributed by atoms with E-state index in [0.717, 1.165) is 41.2 Å². The number of nitrogens with one attached hydrogen (secondary N) is 1. The van der Waals surface area contributed by atoms with Crippen molar-refractivity contribution in [2.75, 3.05) is 37.2 Å². The van der Waals surface area contributed by atoms with Gasteiger partial charge in [-0.05, 0) is 50.0 Å². The fourth-order valence-corrected chi connectivity index (χ4v) is 3.00. The van der Waals surface area contributed by atoms with E-state index in [2.05, 4.69) is 28.2 Å². The van der Waals surface area contributed by atoms with E-state index < -0.39 is 0 Å². The summed E-state index contributed by atoms with van der Waals surface area (Å²) in [4.78, 5) is 6.71. The van der Waals surface area contributed by atoms with Gasteiger partial charge in [-0.3, -0.25) is 4.98 Å². The lowest BCUT2D eigenvalue weighted by atomic mass is 9.99. The summed E-state index contributed by atoms with van der Waals surface area (Å²) < 4.78 is 0. The first kappa shape index (κ1) is 14.1. The van der Waals surface area contributed by atoms with Crippen LogP contribution in [0.1, 0.15) is 19.8 Å². The van der Waals surface area contributed by atoms with Crippen molar-refractivity contribution in [3.05, 3.63) is 30.6 Å². The quantitative estimate of drug-likeness (QED) is 0.848. The Morgan fingerprint density at radius 3 is 2.86 bits per heavy atom. The Labute approximate surface area is 126 Å². The average Bonchev–Trinajstić information content (AvgIpc) is 2.52. The number of fused-ring (bicyclic) bond motifs is 1. The van der Waals surface area contributed by atoms with Gasteiger partial charge in [-0.1, -0.05) is 6.92 Å². The summed E-state index contributed by atoms with van der Waals surface area (Å²) in [6.07, 6.45) is 6.31. The second-order valence-electron chi connectivity index (χ2n) is 6.07. The molecule has 0 atom stereocenters. The van der Waals surface area contributed by atoms with E-state index in [1.807, 2.05) is 24.5 Å². The second kappa shape index (κ2) is 6.31. The number of likely N-dealkylation sites (tertiary alicyclic amines) is 1. The zero-order valence-electron chi connectivity index (χ0n) is 12.7. The molecule has 1 aliphatic rings. The molecule has 4 nitrogen and oxygen atoms in total. The molecule has 1 saturated heterocycles. The highest BCUT2D eigenvalue weighted by atomic mass is 15.1. The van der Waals surface area contributed by atoms with Gasteiger partial charge in [-0.15, -0.1) is 0 Å². The lowest BCUT2D eigenvalue weighted by molar-refractivity contribution is 0.199. The third kappa shape index (κ3) is 3.27. The lowest BCUT2D eigenvalue weighted by Gasteiger charge is -2.30. The molecule has 4 heteroatoms. The van der Waals surface area contributed by atoms with Crippen LogP contribution >= 0.6 is 0 Å². The van der Waals surface area contributed by atoms with Gasteiger partial charge in [-0.2, -0.15) is 0 Å². The molecular formula is C17H24N4. The van der Waals surface area contributed by atoms with Crippen molar-refractivity contribution < 1.29 is 0 Å². The molecule has 3 rings (SSSR count). The Bertz CT molecular complexity index is 603. The maximum Gasteiger partial charge on any atom is 0.0422 e. The van der Waals surface area contributed by atoms with Crippen LogP contribution in [-0.4, -0.2) is 36.1 Å². The second-order valence-corrected chi connectivity index (χ2v) is 6.07. The Morgan fingerprint density at radius 2 is 2.05 bits per heavy atom. The summed E-state index contributed by atoms with van der Waals surface area (Å²) in [5.74, 6) is 0.891. The van der Waals surface area contributed by atoms with E-state index in [1.165, 1.54) is 25.9 Å². The topological polar surface area (TPSA) is 54.2 Å². The molecule has 1 aromatic heterocycles. The van der Waals surface area contributed by atoms with Crippen LogP contribution < -0.4 is 11.1 Å². The molecule has 0 spiro atoms. The first-order chi connectivity index (χ1) is 10.2. The summed E-state index contributed by atoms with van der Waals surface area (Å²) in [7, 11) is 0. The van der Waals surface area contributed by atoms with Crippen molar-refractivity contribution in [2.45, 2.75) is 19.8 Å². The number of nitrogen functional groups attached to an aromatic ring is 1. The third-order valence-electron chi connectivity index (χ3n) is 4.47. The number of piperidine rings is 1. The summed E-state index contributed by atoms with van der Waals surface area (Å²) in [6.45, 7) is 6.88. The first-order valence-electron chi connectivity index (χ1n) is 7.82. The molecule has 3 N–H and O–H groups in total. The smallest absolute Gasteiger partial charge is 0.0422 e. The van der Waals surface area contributed by atoms with Crippen molar-refractivity contribution >= 4 is 22.1 Å². The third-order valence-corrected chi connectivity index (χ3v) is 4.47. The average molecular weight is 284 g/mol. The Balaban J connectivity index is 1.62. The van der Waals surface area contributed by atoms with Gasteiger partial charge in [0.1, 0.15) is 0 Å². The number of pyridine rings is 1. The molecule has 0 radical (unpaired) electrons. The summed E-state index contributed by atoms with van der Waals surface area (Å²) in [6, 6.07) is 6.04. The number of nitrogens with zero attached hydrogens (tertiary/aromatic N) is 2. The Kier molecular flexibility index (Phi) is 4.25. The van der Waals surface area contributed by atoms with Crippen LogP contribution in [0.5, 0.6) is 0 Å². The minimum Gasteiger partial charge on any atom is -0.398 e. The Morgan fingerprint density at radius 1 is 1.24 bits per heavy atom. The van der Waals surface area contributed by atoms with Crippen LogP contribution in [0.3, 0.4) is 0 Å². The van der Waals surface area contributed by atoms with Crippen LogP contribution in [0, 0.1) is 5.92 Å². The van der Waals surface area contributed by atoms with Crippen LogP contribution in [-0.2, 0) is 0 Å². The molecule has 2 heterocycles. The summed E-state index contributed by atoms with van der Waals surface area (Å²) in [5, 5.41) is 5.72. The number of hydrogen-bond acceptors (Lipinski definition) is 4. The number of rotatable bonds is 4. The van der Waals surface area contributed by atoms with E-state index in [-0.39, 0.29) is 0 Å². The van der Waals surface area contributed by atoms with Crippen LogP contribution in [0.25, 0.3) is 10.8 Å². The number of aromatic nitrogens is 1. The van der Waals surface area contributed by atoms with Gasteiger partial charge in [-0.25, -0.2) is 0 Å². The molecular weight excluding hydrogens is 260 g/mol. The van der Waals surface area contributed by atoms with Gasteiger partial charge < -0.3 is 16.0 Å². The first-order valence-corrected chi connectivity index (χ1v) is 7.82. The van der Waals surface area contributed by atoms with Crippen LogP contribution in [0.15, 0.2) is 30.6 Å². The number of nitrogens with two attached hydrogens (primary N) is 1. The zero-order valence-corrected chi connectivity index (χ0v) is 12.7. The number of hydrogen-bond donors (Lipinski definition) is 2. The fraction of sp³-hybridized carbons (Fsp3) is 0.471. The maximum atomic E-state index is 6.01. The van der Waals surface area contributed by atoms with Gasteiger partial charge in [0.25, 0.3) is 0 Å². The van der Waals surface area contributed by atoms with Crippen molar-refractivity contribution in [3.63, 3.8) is 0 Å². The molecule has 0 aliphatic carbocycles. The van der Waals surface area contributed by atoms with Crippen molar-refractivity contribution in [3.8, 4) is 0 Å². The van der Waals surface area contributed by atoms with E-state index in [0.29, 0.717) is 0 Å². The van der Waals surface area contributed by atoms with E-state index in [9.17, 15) is 0 Å². The zero-order chi connectivity index (χ0) is 14.7. The molecule has 2 aromatic rings. The maximum absolute atomic E-state index is 6.01. The highest BCUT2D eigenvalue weighted by molar-refractivity contribution is 6.00. The SMILES string of the molecule is CC1CCN(CCNc2ccc(N)c3cnccc23)CC1. The van der Waals surface area contributed by atoms with Crippen LogP contribution in [0.4, 0.5) is 11.4 Å². The van der Waals surface area contributed by atoms with E-state index >= 15 is 0 Å². The highest BCUT2D eigenvalue weighted by Crippen LogP contribution is 2.27. The van der Waals surface area contributed by atoms with Gasteiger partial charge >= 0.3 is 0 Å². The highest BCUT2D eigenvalue weighted by Gasteiger charge is 2.14. The summed E-state index contributed by atoms with van der Waals surface area (Å²) in [5.41, 5.74) is 7.94. The molecule has 21 heavy (non-hydrogen) atoms. The van der Waals surface area contributed by atoms with Crippen molar-refractivity contribution in [2.24, 2.45) is 5.92 Å². The number of benzene rings is 1. The van der Waals surface area contributed by atoms with Crippen LogP contribution in [0.2, 0.25) is 0 Å². The standard InChI is InChI=1S/C17H24N4/c1-13-5-9-21(10-6-13)11-8-20-17-3-2-16(18)15-12-19-7-4-14(15)17/h2-4,7,12-13,20H,5-6,8-11,18H2,1H3. The van der Waals surface area contributed by atoms with Crippen molar-refractivity contribution in [1.29, 1.82) is 0 Å². The Hall–Kier alpha value is -1.81. The normalized spacial score (nSPS) is 17.2. The van der Waals surface area contributed by atoms with Gasteiger partial charge in [0, 0.05) is 47.6 Å². The van der Waals surface area contributed by atoms with E-state index in [4.69, 9.17) is 5.73 Å². The molecule has 1 aliphatic heterocycles. The molecule has 112 valence electrons. The largest absolute Gasteiger partial charge is 0.398 e. The van der Waals surface area contributed by atoms with Gasteiger partial charge in [0.15, 0.2) is 0 Å². The minimum absolute atomic E-state index is 0.786. The van der Waals surface area contributed by atoms with Gasteiger partial charge in [0.2, 0.25) is 0 Å². The van der Waals surface area contributed by atoms with Crippen molar-refractivity contribution in [1.82, 2.24) is 9.88 Å². The molecule has 0 amide bonds. The molecule has 1 fully saturated rings. The minimum atomic E-state index is 0.786.